The Labute approximate surface area is 89.4 Å². The third kappa shape index (κ3) is 1.86. The number of rotatable bonds is 1. The van der Waals surface area contributed by atoms with Gasteiger partial charge in [0.1, 0.15) is 12.4 Å². The normalized spacial score (nSPS) is 20.4. The zero-order chi connectivity index (χ0) is 10.1. The second-order valence-corrected chi connectivity index (χ2v) is 4.32. The summed E-state index contributed by atoms with van der Waals surface area (Å²) in [5, 5.41) is 0.784. The van der Waals surface area contributed by atoms with E-state index < -0.39 is 0 Å². The summed E-state index contributed by atoms with van der Waals surface area (Å²) in [5.74, 6) is 0.979. The number of ether oxygens (including phenoxy) is 1. The fourth-order valence-electron chi connectivity index (χ4n) is 1.68. The highest BCUT2D eigenvalue weighted by Gasteiger charge is 2.21. The minimum absolute atomic E-state index is 0.459. The van der Waals surface area contributed by atoms with Crippen molar-refractivity contribution in [3.8, 4) is 5.75 Å². The first-order chi connectivity index (χ1) is 6.66. The van der Waals surface area contributed by atoms with Crippen LogP contribution in [0.15, 0.2) is 18.2 Å². The van der Waals surface area contributed by atoms with E-state index in [0.717, 1.165) is 23.8 Å². The fourth-order valence-corrected chi connectivity index (χ4v) is 1.87. The first-order valence-corrected chi connectivity index (χ1v) is 5.12. The van der Waals surface area contributed by atoms with E-state index in [1.165, 1.54) is 5.56 Å². The highest BCUT2D eigenvalue weighted by atomic mass is 35.5. The molecule has 0 radical (unpaired) electrons. The van der Waals surface area contributed by atoms with E-state index in [0.29, 0.717) is 6.04 Å². The van der Waals surface area contributed by atoms with E-state index in [9.17, 15) is 0 Å². The zero-order valence-electron chi connectivity index (χ0n) is 8.46. The molecule has 0 N–H and O–H groups in total. The molecule has 0 fully saturated rings. The van der Waals surface area contributed by atoms with Gasteiger partial charge in [0.2, 0.25) is 0 Å². The Morgan fingerprint density at radius 1 is 1.43 bits per heavy atom. The predicted octanol–water partition coefficient (Wildman–Crippen LogP) is 2.21. The molecular formula is C11H14ClNO. The standard InChI is InChI=1S/C11H14ClNO/c1-13(2)10-6-8-5-9(12)3-4-11(8)14-7-10/h3-5,10H,6-7H2,1-2H3. The van der Waals surface area contributed by atoms with Crippen molar-refractivity contribution >= 4 is 11.6 Å². The number of likely N-dealkylation sites (N-methyl/N-ethyl adjacent to an activating group) is 1. The van der Waals surface area contributed by atoms with Crippen LogP contribution >= 0.6 is 11.6 Å². The lowest BCUT2D eigenvalue weighted by atomic mass is 10.0. The maximum Gasteiger partial charge on any atom is 0.122 e. The smallest absolute Gasteiger partial charge is 0.122 e. The second kappa shape index (κ2) is 3.79. The van der Waals surface area contributed by atoms with Gasteiger partial charge in [0.25, 0.3) is 0 Å². The number of nitrogens with zero attached hydrogens (tertiary/aromatic N) is 1. The van der Waals surface area contributed by atoms with Gasteiger partial charge >= 0.3 is 0 Å². The van der Waals surface area contributed by atoms with Crippen LogP contribution in [0.2, 0.25) is 5.02 Å². The van der Waals surface area contributed by atoms with Gasteiger partial charge in [0, 0.05) is 11.1 Å². The average Bonchev–Trinajstić information content (AvgIpc) is 2.16. The molecule has 2 rings (SSSR count). The number of hydrogen-bond donors (Lipinski definition) is 0. The van der Waals surface area contributed by atoms with Gasteiger partial charge in [-0.05, 0) is 44.3 Å². The fraction of sp³-hybridized carbons (Fsp3) is 0.455. The van der Waals surface area contributed by atoms with Gasteiger partial charge < -0.3 is 9.64 Å². The molecule has 1 aliphatic rings. The Morgan fingerprint density at radius 3 is 2.93 bits per heavy atom. The highest BCUT2D eigenvalue weighted by molar-refractivity contribution is 6.30. The van der Waals surface area contributed by atoms with Gasteiger partial charge in [-0.1, -0.05) is 11.6 Å². The molecule has 1 heterocycles. The van der Waals surface area contributed by atoms with Crippen molar-refractivity contribution in [3.05, 3.63) is 28.8 Å². The summed E-state index contributed by atoms with van der Waals surface area (Å²) in [5.41, 5.74) is 1.21. The second-order valence-electron chi connectivity index (χ2n) is 3.88. The molecule has 0 aromatic heterocycles. The van der Waals surface area contributed by atoms with Crippen molar-refractivity contribution in [1.29, 1.82) is 0 Å². The lowest BCUT2D eigenvalue weighted by Crippen LogP contribution is -2.38. The summed E-state index contributed by atoms with van der Waals surface area (Å²) in [6.45, 7) is 0.766. The van der Waals surface area contributed by atoms with Crippen molar-refractivity contribution in [1.82, 2.24) is 4.90 Å². The predicted molar refractivity (Wildman–Crippen MR) is 58.1 cm³/mol. The summed E-state index contributed by atoms with van der Waals surface area (Å²) >= 11 is 5.93. The summed E-state index contributed by atoms with van der Waals surface area (Å²) in [7, 11) is 4.15. The quantitative estimate of drug-likeness (QED) is 0.706. The van der Waals surface area contributed by atoms with Crippen molar-refractivity contribution < 1.29 is 4.74 Å². The van der Waals surface area contributed by atoms with E-state index in [4.69, 9.17) is 16.3 Å². The average molecular weight is 212 g/mol. The maximum absolute atomic E-state index is 5.93. The summed E-state index contributed by atoms with van der Waals surface area (Å²) < 4.78 is 5.65. The third-order valence-electron chi connectivity index (χ3n) is 2.64. The Kier molecular flexibility index (Phi) is 2.66. The van der Waals surface area contributed by atoms with E-state index in [2.05, 4.69) is 19.0 Å². The molecule has 1 aliphatic heterocycles. The van der Waals surface area contributed by atoms with Crippen LogP contribution < -0.4 is 4.74 Å². The SMILES string of the molecule is CN(C)C1COc2ccc(Cl)cc2C1. The Morgan fingerprint density at radius 2 is 2.21 bits per heavy atom. The minimum atomic E-state index is 0.459. The molecule has 2 nitrogen and oxygen atoms in total. The van der Waals surface area contributed by atoms with Crippen LogP contribution in [0, 0.1) is 0 Å². The van der Waals surface area contributed by atoms with Crippen LogP contribution in [0.5, 0.6) is 5.75 Å². The van der Waals surface area contributed by atoms with Crippen LogP contribution in [0.1, 0.15) is 5.56 Å². The summed E-state index contributed by atoms with van der Waals surface area (Å²) in [6.07, 6.45) is 1.02. The van der Waals surface area contributed by atoms with Crippen LogP contribution in [0.4, 0.5) is 0 Å². The zero-order valence-corrected chi connectivity index (χ0v) is 9.21. The van der Waals surface area contributed by atoms with Crippen molar-refractivity contribution in [3.63, 3.8) is 0 Å². The van der Waals surface area contributed by atoms with Crippen molar-refractivity contribution in [2.75, 3.05) is 20.7 Å². The van der Waals surface area contributed by atoms with Gasteiger partial charge in [0.15, 0.2) is 0 Å². The number of hydrogen-bond acceptors (Lipinski definition) is 2. The Hall–Kier alpha value is -0.730. The van der Waals surface area contributed by atoms with Gasteiger partial charge in [0.05, 0.1) is 0 Å². The Balaban J connectivity index is 2.24. The lowest BCUT2D eigenvalue weighted by Gasteiger charge is -2.30. The molecule has 3 heteroatoms. The summed E-state index contributed by atoms with van der Waals surface area (Å²) in [6, 6.07) is 6.27. The number of benzene rings is 1. The monoisotopic (exact) mass is 211 g/mol. The van der Waals surface area contributed by atoms with E-state index in [1.807, 2.05) is 18.2 Å². The molecule has 0 saturated carbocycles. The van der Waals surface area contributed by atoms with Gasteiger partial charge in [-0.25, -0.2) is 0 Å². The Bertz CT molecular complexity index is 338. The van der Waals surface area contributed by atoms with E-state index in [-0.39, 0.29) is 0 Å². The molecule has 0 spiro atoms. The molecule has 1 aromatic carbocycles. The molecule has 0 bridgehead atoms. The molecular weight excluding hydrogens is 198 g/mol. The third-order valence-corrected chi connectivity index (χ3v) is 2.87. The number of halogens is 1. The molecule has 0 amide bonds. The molecule has 1 atom stereocenters. The first-order valence-electron chi connectivity index (χ1n) is 4.74. The van der Waals surface area contributed by atoms with Gasteiger partial charge in [-0.15, -0.1) is 0 Å². The van der Waals surface area contributed by atoms with Crippen LogP contribution in [-0.2, 0) is 6.42 Å². The maximum atomic E-state index is 5.93. The van der Waals surface area contributed by atoms with Crippen molar-refractivity contribution in [2.24, 2.45) is 0 Å². The van der Waals surface area contributed by atoms with Crippen LogP contribution in [0.3, 0.4) is 0 Å². The molecule has 1 unspecified atom stereocenters. The van der Waals surface area contributed by atoms with Gasteiger partial charge in [-0.2, -0.15) is 0 Å². The number of fused-ring (bicyclic) bond motifs is 1. The van der Waals surface area contributed by atoms with Crippen molar-refractivity contribution in [2.45, 2.75) is 12.5 Å². The van der Waals surface area contributed by atoms with E-state index >= 15 is 0 Å². The molecule has 1 aromatic rings. The largest absolute Gasteiger partial charge is 0.492 e. The van der Waals surface area contributed by atoms with Gasteiger partial charge in [-0.3, -0.25) is 0 Å². The first kappa shape index (κ1) is 9.81. The van der Waals surface area contributed by atoms with Crippen LogP contribution in [-0.4, -0.2) is 31.6 Å². The van der Waals surface area contributed by atoms with E-state index in [1.54, 1.807) is 0 Å². The topological polar surface area (TPSA) is 12.5 Å². The molecule has 76 valence electrons. The lowest BCUT2D eigenvalue weighted by molar-refractivity contribution is 0.165. The van der Waals surface area contributed by atoms with Crippen LogP contribution in [0.25, 0.3) is 0 Å². The molecule has 14 heavy (non-hydrogen) atoms. The highest BCUT2D eigenvalue weighted by Crippen LogP contribution is 2.28. The minimum Gasteiger partial charge on any atom is -0.492 e. The molecule has 0 saturated heterocycles. The summed E-state index contributed by atoms with van der Waals surface area (Å²) in [4.78, 5) is 2.18. The molecule has 0 aliphatic carbocycles.